The number of alkyl halides is 1. The molecule has 0 amide bonds. The number of quaternary nitrogens is 1. The molecule has 0 aromatic rings. The van der Waals surface area contributed by atoms with Crippen molar-refractivity contribution in [3.8, 4) is 0 Å². The van der Waals surface area contributed by atoms with Gasteiger partial charge in [-0.2, -0.15) is 0 Å². The van der Waals surface area contributed by atoms with Gasteiger partial charge < -0.3 is 28.5 Å². The van der Waals surface area contributed by atoms with Crippen LogP contribution in [0, 0.1) is 0 Å². The average Bonchev–Trinajstić information content (AvgIpc) is 2.84. The Balaban J connectivity index is 0. The highest BCUT2D eigenvalue weighted by Gasteiger charge is 2.24. The van der Waals surface area contributed by atoms with Crippen LogP contribution in [0.1, 0.15) is 155 Å². The van der Waals surface area contributed by atoms with Gasteiger partial charge in [-0.3, -0.25) is 4.39 Å². The molecule has 0 aliphatic carbocycles. The Hall–Kier alpha value is 0.530. The predicted molar refractivity (Wildman–Crippen MR) is 161 cm³/mol. The maximum Gasteiger partial charge on any atom is 0.214 e. The largest absolute Gasteiger partial charge is 1.00 e. The summed E-state index contributed by atoms with van der Waals surface area (Å²) < 4.78 is 42.1. The standard InChI is InChI=1S/C31H66FN2O2S.HI/c1-5-6-7-8-9-10-11-12-13-14-15-16-17-19-22-26-31(27-23-20-18-21-24-28-32)37(35,36)33-29-25-30-34(2,3)4;/h31,33H,5-30H2,1-4H3;1H/q+1;/p-1. The molecular formula is C31H66FIN2O2S. The molecule has 0 radical (unpaired) electrons. The van der Waals surface area contributed by atoms with E-state index in [0.29, 0.717) is 13.0 Å². The van der Waals surface area contributed by atoms with E-state index in [-0.39, 0.29) is 35.9 Å². The molecule has 1 atom stereocenters. The Kier molecular flexibility index (Phi) is 29.6. The van der Waals surface area contributed by atoms with Gasteiger partial charge in [0.15, 0.2) is 0 Å². The van der Waals surface area contributed by atoms with Crippen LogP contribution in [-0.2, 0) is 10.0 Å². The summed E-state index contributed by atoms with van der Waals surface area (Å²) in [5, 5.41) is -0.278. The van der Waals surface area contributed by atoms with E-state index >= 15 is 0 Å². The quantitative estimate of drug-likeness (QED) is 0.0606. The molecule has 7 heteroatoms. The second-order valence-corrected chi connectivity index (χ2v) is 14.5. The molecule has 0 aromatic heterocycles. The summed E-state index contributed by atoms with van der Waals surface area (Å²) >= 11 is 0. The van der Waals surface area contributed by atoms with Crippen molar-refractivity contribution in [1.82, 2.24) is 4.72 Å². The Morgan fingerprint density at radius 3 is 1.34 bits per heavy atom. The van der Waals surface area contributed by atoms with Gasteiger partial charge in [-0.05, 0) is 19.3 Å². The lowest BCUT2D eigenvalue weighted by Crippen LogP contribution is -3.00. The molecule has 0 aliphatic rings. The summed E-state index contributed by atoms with van der Waals surface area (Å²) in [4.78, 5) is 0. The highest BCUT2D eigenvalue weighted by molar-refractivity contribution is 7.90. The Labute approximate surface area is 255 Å². The van der Waals surface area contributed by atoms with Gasteiger partial charge >= 0.3 is 0 Å². The topological polar surface area (TPSA) is 46.2 Å². The van der Waals surface area contributed by atoms with Crippen LogP contribution in [0.5, 0.6) is 0 Å². The van der Waals surface area contributed by atoms with E-state index in [1.165, 1.54) is 83.5 Å². The second kappa shape index (κ2) is 27.7. The first kappa shape index (κ1) is 40.7. The van der Waals surface area contributed by atoms with Crippen LogP contribution in [0.4, 0.5) is 4.39 Å². The third-order valence-electron chi connectivity index (χ3n) is 7.54. The summed E-state index contributed by atoms with van der Waals surface area (Å²) in [5.41, 5.74) is 0. The highest BCUT2D eigenvalue weighted by Crippen LogP contribution is 2.20. The van der Waals surface area contributed by atoms with Crippen LogP contribution < -0.4 is 28.7 Å². The van der Waals surface area contributed by atoms with Crippen molar-refractivity contribution in [1.29, 1.82) is 0 Å². The molecule has 38 heavy (non-hydrogen) atoms. The van der Waals surface area contributed by atoms with Crippen molar-refractivity contribution in [2.45, 2.75) is 160 Å². The van der Waals surface area contributed by atoms with Crippen LogP contribution in [0.25, 0.3) is 0 Å². The smallest absolute Gasteiger partial charge is 0.214 e. The fourth-order valence-corrected chi connectivity index (χ4v) is 6.70. The van der Waals surface area contributed by atoms with Crippen LogP contribution in [-0.4, -0.2) is 59.1 Å². The number of hydrogen-bond acceptors (Lipinski definition) is 2. The van der Waals surface area contributed by atoms with Crippen molar-refractivity contribution in [3.05, 3.63) is 0 Å². The first-order valence-corrected chi connectivity index (χ1v) is 17.6. The van der Waals surface area contributed by atoms with Crippen LogP contribution in [0.3, 0.4) is 0 Å². The molecule has 0 saturated heterocycles. The summed E-state index contributed by atoms with van der Waals surface area (Å²) in [6.07, 6.45) is 26.7. The molecule has 1 N–H and O–H groups in total. The van der Waals surface area contributed by atoms with Gasteiger partial charge in [-0.25, -0.2) is 13.1 Å². The Morgan fingerprint density at radius 1 is 0.605 bits per heavy atom. The van der Waals surface area contributed by atoms with E-state index in [2.05, 4.69) is 32.8 Å². The van der Waals surface area contributed by atoms with E-state index in [4.69, 9.17) is 0 Å². The van der Waals surface area contributed by atoms with E-state index in [1.807, 2.05) is 0 Å². The number of unbranched alkanes of at least 4 members (excludes halogenated alkanes) is 18. The Bertz CT molecular complexity index is 585. The predicted octanol–water partition coefficient (Wildman–Crippen LogP) is 5.95. The third-order valence-corrected chi connectivity index (χ3v) is 9.49. The SMILES string of the molecule is CCCCCCCCCCCCCCCCCC(CCCCCCCF)S(=O)(=O)NCCC[N+](C)(C)C.[I-]. The summed E-state index contributed by atoms with van der Waals surface area (Å²) in [7, 11) is 3.13. The molecule has 232 valence electrons. The minimum atomic E-state index is -3.27. The first-order chi connectivity index (χ1) is 17.7. The van der Waals surface area contributed by atoms with Crippen molar-refractivity contribution in [2.24, 2.45) is 0 Å². The summed E-state index contributed by atoms with van der Waals surface area (Å²) in [5.74, 6) is 0. The summed E-state index contributed by atoms with van der Waals surface area (Å²) in [6, 6.07) is 0. The van der Waals surface area contributed by atoms with Crippen LogP contribution in [0.2, 0.25) is 0 Å². The number of nitrogens with one attached hydrogen (secondary N) is 1. The molecule has 0 aromatic carbocycles. The number of sulfonamides is 1. The van der Waals surface area contributed by atoms with E-state index < -0.39 is 10.0 Å². The van der Waals surface area contributed by atoms with Gasteiger partial charge in [0, 0.05) is 13.0 Å². The minimum Gasteiger partial charge on any atom is -1.00 e. The van der Waals surface area contributed by atoms with E-state index in [9.17, 15) is 12.8 Å². The zero-order chi connectivity index (χ0) is 27.7. The fourth-order valence-electron chi connectivity index (χ4n) is 5.08. The average molecular weight is 677 g/mol. The van der Waals surface area contributed by atoms with E-state index in [1.54, 1.807) is 0 Å². The van der Waals surface area contributed by atoms with Crippen molar-refractivity contribution < 1.29 is 41.3 Å². The first-order valence-electron chi connectivity index (χ1n) is 16.1. The summed E-state index contributed by atoms with van der Waals surface area (Å²) in [6.45, 7) is 3.52. The van der Waals surface area contributed by atoms with Gasteiger partial charge in [0.25, 0.3) is 0 Å². The number of rotatable bonds is 29. The number of halogens is 2. The molecular weight excluding hydrogens is 610 g/mol. The van der Waals surface area contributed by atoms with Gasteiger partial charge in [-0.1, -0.05) is 129 Å². The Morgan fingerprint density at radius 2 is 0.974 bits per heavy atom. The molecule has 0 heterocycles. The van der Waals surface area contributed by atoms with Crippen molar-refractivity contribution in [2.75, 3.05) is 40.9 Å². The molecule has 0 spiro atoms. The van der Waals surface area contributed by atoms with Gasteiger partial charge in [0.2, 0.25) is 10.0 Å². The van der Waals surface area contributed by atoms with Crippen LogP contribution in [0.15, 0.2) is 0 Å². The third kappa shape index (κ3) is 28.1. The molecule has 0 saturated carbocycles. The molecule has 4 nitrogen and oxygen atoms in total. The number of nitrogens with zero attached hydrogens (tertiary/aromatic N) is 1. The second-order valence-electron chi connectivity index (χ2n) is 12.4. The minimum absolute atomic E-state index is 0. The van der Waals surface area contributed by atoms with Crippen molar-refractivity contribution >= 4 is 10.0 Å². The lowest BCUT2D eigenvalue weighted by molar-refractivity contribution is -0.870. The van der Waals surface area contributed by atoms with E-state index in [0.717, 1.165) is 68.8 Å². The van der Waals surface area contributed by atoms with Crippen molar-refractivity contribution in [3.63, 3.8) is 0 Å². The molecule has 1 unspecified atom stereocenters. The maximum absolute atomic E-state index is 13.0. The lowest BCUT2D eigenvalue weighted by Gasteiger charge is -2.24. The molecule has 0 bridgehead atoms. The fraction of sp³-hybridized carbons (Fsp3) is 1.00. The zero-order valence-electron chi connectivity index (χ0n) is 25.9. The molecule has 0 rings (SSSR count). The monoisotopic (exact) mass is 676 g/mol. The van der Waals surface area contributed by atoms with Gasteiger partial charge in [-0.15, -0.1) is 0 Å². The van der Waals surface area contributed by atoms with Gasteiger partial charge in [0.1, 0.15) is 0 Å². The molecule has 0 fully saturated rings. The maximum atomic E-state index is 13.0. The highest BCUT2D eigenvalue weighted by atomic mass is 127. The van der Waals surface area contributed by atoms with Crippen LogP contribution >= 0.6 is 0 Å². The molecule has 0 aliphatic heterocycles. The normalized spacial score (nSPS) is 13.0. The zero-order valence-corrected chi connectivity index (χ0v) is 28.9. The van der Waals surface area contributed by atoms with Gasteiger partial charge in [0.05, 0.1) is 39.6 Å². The lowest BCUT2D eigenvalue weighted by atomic mass is 10.0. The number of hydrogen-bond donors (Lipinski definition) is 1.